The van der Waals surface area contributed by atoms with E-state index >= 15 is 0 Å². The average molecular weight is 644 g/mol. The van der Waals surface area contributed by atoms with Gasteiger partial charge in [-0.15, -0.1) is 0 Å². The van der Waals surface area contributed by atoms with Crippen LogP contribution in [0.25, 0.3) is 0 Å². The van der Waals surface area contributed by atoms with Crippen LogP contribution >= 0.6 is 0 Å². The van der Waals surface area contributed by atoms with E-state index < -0.39 is 47.6 Å². The third-order valence-corrected chi connectivity index (χ3v) is 7.64. The summed E-state index contributed by atoms with van der Waals surface area (Å²) in [4.78, 5) is 53.6. The number of alkyl carbamates (subject to hydrolysis) is 1. The molecule has 10 heteroatoms. The first-order chi connectivity index (χ1) is 22.1. The lowest BCUT2D eigenvalue weighted by molar-refractivity contribution is -0.145. The average Bonchev–Trinajstić information content (AvgIpc) is 2.99. The van der Waals surface area contributed by atoms with Crippen LogP contribution in [0.5, 0.6) is 11.5 Å². The summed E-state index contributed by atoms with van der Waals surface area (Å²) in [6.45, 7) is 11.5. The molecule has 0 spiro atoms. The van der Waals surface area contributed by atoms with Crippen molar-refractivity contribution in [2.24, 2.45) is 0 Å². The molecule has 2 aliphatic rings. The van der Waals surface area contributed by atoms with Gasteiger partial charge in [0.15, 0.2) is 0 Å². The van der Waals surface area contributed by atoms with Crippen molar-refractivity contribution in [3.63, 3.8) is 0 Å². The number of ether oxygens (including phenoxy) is 3. The van der Waals surface area contributed by atoms with Gasteiger partial charge in [-0.1, -0.05) is 69.3 Å². The second kappa shape index (κ2) is 14.7. The summed E-state index contributed by atoms with van der Waals surface area (Å²) >= 11 is 0. The van der Waals surface area contributed by atoms with Gasteiger partial charge in [0.1, 0.15) is 35.2 Å². The van der Waals surface area contributed by atoms with Crippen molar-refractivity contribution in [1.82, 2.24) is 16.0 Å². The van der Waals surface area contributed by atoms with Crippen LogP contribution in [0.3, 0.4) is 0 Å². The molecule has 3 aromatic rings. The molecule has 5 rings (SSSR count). The molecule has 3 amide bonds. The van der Waals surface area contributed by atoms with Crippen LogP contribution in [0.1, 0.15) is 63.8 Å². The summed E-state index contributed by atoms with van der Waals surface area (Å²) in [5.74, 6) is -0.695. The Morgan fingerprint density at radius 1 is 0.830 bits per heavy atom. The normalized spacial score (nSPS) is 19.0. The SMILES string of the molecule is COC(=O)[C@@H]1Cc2cccc(c2)Oc2ccc(cc2)C[C@H](NC(=O)OC(C)(C)C)C(=O)N[C@@H](Cc2ccc(C(C)(C)C)cc2)C(=O)N1. The largest absolute Gasteiger partial charge is 0.467 e. The predicted octanol–water partition coefficient (Wildman–Crippen LogP) is 5.15. The van der Waals surface area contributed by atoms with Crippen molar-refractivity contribution in [1.29, 1.82) is 0 Å². The summed E-state index contributed by atoms with van der Waals surface area (Å²) in [5, 5.41) is 8.32. The van der Waals surface area contributed by atoms with Gasteiger partial charge in [-0.3, -0.25) is 9.59 Å². The Balaban J connectivity index is 1.73. The van der Waals surface area contributed by atoms with E-state index in [0.29, 0.717) is 11.5 Å². The molecular formula is C37H45N3O7. The van der Waals surface area contributed by atoms with Gasteiger partial charge in [0.25, 0.3) is 0 Å². The molecule has 0 fully saturated rings. The van der Waals surface area contributed by atoms with Crippen molar-refractivity contribution >= 4 is 23.9 Å². The number of hydrogen-bond acceptors (Lipinski definition) is 7. The van der Waals surface area contributed by atoms with E-state index in [4.69, 9.17) is 14.2 Å². The van der Waals surface area contributed by atoms with Crippen LogP contribution in [0, 0.1) is 0 Å². The number of amides is 3. The van der Waals surface area contributed by atoms with Gasteiger partial charge < -0.3 is 30.2 Å². The van der Waals surface area contributed by atoms with Gasteiger partial charge >= 0.3 is 12.1 Å². The fraction of sp³-hybridized carbons (Fsp3) is 0.405. The van der Waals surface area contributed by atoms with Crippen LogP contribution in [0.2, 0.25) is 0 Å². The zero-order chi connectivity index (χ0) is 34.4. The van der Waals surface area contributed by atoms with Crippen molar-refractivity contribution in [3.05, 3.63) is 95.1 Å². The molecule has 47 heavy (non-hydrogen) atoms. The molecule has 2 heterocycles. The lowest BCUT2D eigenvalue weighted by Crippen LogP contribution is -2.57. The second-order valence-electron chi connectivity index (χ2n) is 13.8. The molecule has 3 N–H and O–H groups in total. The van der Waals surface area contributed by atoms with E-state index in [2.05, 4.69) is 36.7 Å². The van der Waals surface area contributed by atoms with Gasteiger partial charge in [-0.25, -0.2) is 9.59 Å². The number of hydrogen-bond donors (Lipinski definition) is 3. The van der Waals surface area contributed by atoms with Crippen LogP contribution in [-0.4, -0.2) is 54.7 Å². The number of methoxy groups -OCH3 is 1. The number of nitrogens with one attached hydrogen (secondary N) is 3. The van der Waals surface area contributed by atoms with Crippen molar-refractivity contribution in [2.75, 3.05) is 7.11 Å². The summed E-state index contributed by atoms with van der Waals surface area (Å²) < 4.78 is 16.5. The minimum absolute atomic E-state index is 0.0696. The Morgan fingerprint density at radius 2 is 1.51 bits per heavy atom. The maximum Gasteiger partial charge on any atom is 0.408 e. The molecule has 3 aromatic carbocycles. The van der Waals surface area contributed by atoms with E-state index in [9.17, 15) is 19.2 Å². The molecule has 2 aliphatic heterocycles. The zero-order valence-electron chi connectivity index (χ0n) is 28.1. The highest BCUT2D eigenvalue weighted by molar-refractivity contribution is 5.93. The van der Waals surface area contributed by atoms with E-state index in [1.54, 1.807) is 51.1 Å². The maximum absolute atomic E-state index is 13.9. The van der Waals surface area contributed by atoms with E-state index in [1.165, 1.54) is 7.11 Å². The van der Waals surface area contributed by atoms with Crippen LogP contribution in [0.15, 0.2) is 72.8 Å². The molecule has 0 saturated heterocycles. The first-order valence-electron chi connectivity index (χ1n) is 15.7. The van der Waals surface area contributed by atoms with Gasteiger partial charge in [-0.2, -0.15) is 0 Å². The summed E-state index contributed by atoms with van der Waals surface area (Å²) in [6.07, 6.45) is -0.404. The number of benzene rings is 3. The van der Waals surface area contributed by atoms with Crippen molar-refractivity contribution in [2.45, 2.75) is 89.9 Å². The predicted molar refractivity (Wildman–Crippen MR) is 178 cm³/mol. The monoisotopic (exact) mass is 643 g/mol. The first kappa shape index (κ1) is 35.0. The number of fused-ring (bicyclic) bond motifs is 10. The Kier molecular flexibility index (Phi) is 11.0. The Bertz CT molecular complexity index is 1570. The van der Waals surface area contributed by atoms with Crippen molar-refractivity contribution in [3.8, 4) is 11.5 Å². The molecule has 0 radical (unpaired) electrons. The third kappa shape index (κ3) is 10.3. The van der Waals surface area contributed by atoms with Gasteiger partial charge in [0.2, 0.25) is 11.8 Å². The minimum Gasteiger partial charge on any atom is -0.467 e. The second-order valence-corrected chi connectivity index (χ2v) is 13.8. The Labute approximate surface area is 276 Å². The quantitative estimate of drug-likeness (QED) is 0.335. The number of carbonyl (C=O) groups is 4. The fourth-order valence-electron chi connectivity index (χ4n) is 5.16. The van der Waals surface area contributed by atoms with E-state index in [-0.39, 0.29) is 24.7 Å². The van der Waals surface area contributed by atoms with Crippen LogP contribution in [-0.2, 0) is 48.5 Å². The highest BCUT2D eigenvalue weighted by Crippen LogP contribution is 2.25. The van der Waals surface area contributed by atoms with Gasteiger partial charge in [0, 0.05) is 19.3 Å². The molecule has 10 nitrogen and oxygen atoms in total. The number of carbonyl (C=O) groups excluding carboxylic acids is 4. The van der Waals surface area contributed by atoms with E-state index in [1.807, 2.05) is 42.5 Å². The maximum atomic E-state index is 13.9. The molecule has 0 aliphatic carbocycles. The van der Waals surface area contributed by atoms with Gasteiger partial charge in [-0.05, 0) is 72.7 Å². The first-order valence-corrected chi connectivity index (χ1v) is 15.7. The smallest absolute Gasteiger partial charge is 0.408 e. The Morgan fingerprint density at radius 3 is 2.13 bits per heavy atom. The summed E-state index contributed by atoms with van der Waals surface area (Å²) in [5.41, 5.74) is 2.54. The zero-order valence-corrected chi connectivity index (χ0v) is 28.1. The molecular weight excluding hydrogens is 598 g/mol. The molecule has 250 valence electrons. The fourth-order valence-corrected chi connectivity index (χ4v) is 5.16. The summed E-state index contributed by atoms with van der Waals surface area (Å²) in [6, 6.07) is 19.0. The molecule has 4 bridgehead atoms. The third-order valence-electron chi connectivity index (χ3n) is 7.64. The highest BCUT2D eigenvalue weighted by Gasteiger charge is 2.32. The lowest BCUT2D eigenvalue weighted by Gasteiger charge is -2.26. The number of rotatable bonds is 4. The molecule has 0 saturated carbocycles. The van der Waals surface area contributed by atoms with Crippen LogP contribution in [0.4, 0.5) is 4.79 Å². The lowest BCUT2D eigenvalue weighted by atomic mass is 9.86. The number of esters is 1. The summed E-state index contributed by atoms with van der Waals surface area (Å²) in [7, 11) is 1.25. The van der Waals surface area contributed by atoms with E-state index in [0.717, 1.165) is 22.3 Å². The highest BCUT2D eigenvalue weighted by atomic mass is 16.6. The van der Waals surface area contributed by atoms with Crippen molar-refractivity contribution < 1.29 is 33.4 Å². The topological polar surface area (TPSA) is 132 Å². The minimum atomic E-state index is -1.09. The Hall–Kier alpha value is -4.86. The van der Waals surface area contributed by atoms with Crippen LogP contribution < -0.4 is 20.7 Å². The van der Waals surface area contributed by atoms with Gasteiger partial charge in [0.05, 0.1) is 7.11 Å². The molecule has 0 aromatic heterocycles. The molecule has 3 atom stereocenters. The standard InChI is InChI=1S/C37H45N3O7/c1-36(2,3)26-15-11-23(12-16-26)20-29-32(41)39-31(34(43)45-7)22-25-9-8-10-28(19-25)46-27-17-13-24(14-18-27)21-30(33(42)38-29)40-35(44)47-37(4,5)6/h8-19,29-31H,20-22H2,1-7H3,(H,38,42)(H,39,41)(H,40,44)/t29-,30-,31-/m0/s1. The molecule has 0 unspecified atom stereocenters.